The minimum absolute atomic E-state index is 0.167. The van der Waals surface area contributed by atoms with Crippen molar-refractivity contribution in [1.82, 2.24) is 9.97 Å². The van der Waals surface area contributed by atoms with Gasteiger partial charge in [-0.3, -0.25) is 9.59 Å². The van der Waals surface area contributed by atoms with Crippen LogP contribution in [0, 0.1) is 0 Å². The number of nitrogens with zero attached hydrogens (tertiary/aromatic N) is 2. The van der Waals surface area contributed by atoms with Gasteiger partial charge < -0.3 is 10.1 Å². The topological polar surface area (TPSA) is 81.2 Å². The van der Waals surface area contributed by atoms with Gasteiger partial charge in [0.1, 0.15) is 0 Å². The van der Waals surface area contributed by atoms with Crippen molar-refractivity contribution in [3.8, 4) is 0 Å². The number of esters is 1. The zero-order chi connectivity index (χ0) is 17.6. The fourth-order valence-corrected chi connectivity index (χ4v) is 3.25. The average Bonchev–Trinajstić information content (AvgIpc) is 3.03. The van der Waals surface area contributed by atoms with Crippen LogP contribution in [0.3, 0.4) is 0 Å². The van der Waals surface area contributed by atoms with Crippen LogP contribution in [0.25, 0.3) is 10.2 Å². The number of halogens is 1. The predicted molar refractivity (Wildman–Crippen MR) is 96.8 cm³/mol. The highest BCUT2D eigenvalue weighted by Crippen LogP contribution is 2.22. The summed E-state index contributed by atoms with van der Waals surface area (Å²) in [6.07, 6.45) is 2.16. The number of fused-ring (bicyclic) bond motifs is 1. The van der Waals surface area contributed by atoms with Crippen LogP contribution in [0.4, 0.5) is 5.69 Å². The van der Waals surface area contributed by atoms with Gasteiger partial charge >= 0.3 is 5.97 Å². The molecule has 0 spiro atoms. The number of nitrogens with one attached hydrogen (secondary N) is 1. The molecule has 0 aliphatic carbocycles. The Morgan fingerprint density at radius 3 is 2.84 bits per heavy atom. The van der Waals surface area contributed by atoms with E-state index in [0.29, 0.717) is 12.1 Å². The molecule has 0 fully saturated rings. The number of carbonyl (C=O) groups is 2. The summed E-state index contributed by atoms with van der Waals surface area (Å²) in [5.41, 5.74) is 1.29. The molecule has 0 radical (unpaired) electrons. The van der Waals surface area contributed by atoms with Gasteiger partial charge in [-0.15, -0.1) is 11.3 Å². The summed E-state index contributed by atoms with van der Waals surface area (Å²) in [6, 6.07) is 11.1. The monoisotopic (exact) mass is 375 g/mol. The van der Waals surface area contributed by atoms with Gasteiger partial charge in [-0.2, -0.15) is 0 Å². The maximum absolute atomic E-state index is 11.8. The second kappa shape index (κ2) is 8.04. The lowest BCUT2D eigenvalue weighted by molar-refractivity contribution is -0.147. The van der Waals surface area contributed by atoms with Crippen molar-refractivity contribution >= 4 is 50.7 Å². The lowest BCUT2D eigenvalue weighted by Gasteiger charge is -2.07. The second-order valence-electron chi connectivity index (χ2n) is 5.13. The third kappa shape index (κ3) is 4.74. The summed E-state index contributed by atoms with van der Waals surface area (Å²) in [4.78, 5) is 31.9. The summed E-state index contributed by atoms with van der Waals surface area (Å²) < 4.78 is 6.06. The molecular formula is C17H14ClN3O3S. The SMILES string of the molecule is O=C(COC(=O)CCc1nc2ccccc2s1)Nc1cccnc1Cl. The lowest BCUT2D eigenvalue weighted by atomic mass is 10.3. The van der Waals surface area contributed by atoms with Crippen LogP contribution >= 0.6 is 22.9 Å². The van der Waals surface area contributed by atoms with Crippen molar-refractivity contribution in [2.45, 2.75) is 12.8 Å². The van der Waals surface area contributed by atoms with Crippen LogP contribution in [0.2, 0.25) is 5.15 Å². The number of rotatable bonds is 6. The standard InChI is InChI=1S/C17H14ClN3O3S/c18-17-12(5-3-9-19-17)20-14(22)10-24-16(23)8-7-15-21-11-4-1-2-6-13(11)25-15/h1-6,9H,7-8,10H2,(H,20,22). The molecule has 0 saturated heterocycles. The Labute approximate surface area is 152 Å². The molecule has 1 aromatic carbocycles. The number of ether oxygens (including phenoxy) is 1. The molecule has 2 aromatic heterocycles. The highest BCUT2D eigenvalue weighted by atomic mass is 35.5. The first-order chi connectivity index (χ1) is 12.1. The molecule has 0 unspecified atom stereocenters. The maximum atomic E-state index is 11.8. The van der Waals surface area contributed by atoms with E-state index < -0.39 is 11.9 Å². The quantitative estimate of drug-likeness (QED) is 0.527. The highest BCUT2D eigenvalue weighted by Gasteiger charge is 2.11. The molecule has 0 aliphatic rings. The number of aryl methyl sites for hydroxylation is 1. The molecular weight excluding hydrogens is 362 g/mol. The number of aromatic nitrogens is 2. The maximum Gasteiger partial charge on any atom is 0.306 e. The van der Waals surface area contributed by atoms with Crippen molar-refractivity contribution in [3.05, 3.63) is 52.8 Å². The van der Waals surface area contributed by atoms with Crippen molar-refractivity contribution in [2.24, 2.45) is 0 Å². The summed E-state index contributed by atoms with van der Waals surface area (Å²) in [5.74, 6) is -0.921. The van der Waals surface area contributed by atoms with E-state index in [9.17, 15) is 9.59 Å². The number of pyridine rings is 1. The number of carbonyl (C=O) groups excluding carboxylic acids is 2. The van der Waals surface area contributed by atoms with Crippen LogP contribution < -0.4 is 5.32 Å². The van der Waals surface area contributed by atoms with Crippen LogP contribution in [-0.2, 0) is 20.7 Å². The number of hydrogen-bond donors (Lipinski definition) is 1. The van der Waals surface area contributed by atoms with E-state index in [2.05, 4.69) is 15.3 Å². The summed E-state index contributed by atoms with van der Waals surface area (Å²) in [6.45, 7) is -0.371. The molecule has 3 aromatic rings. The Balaban J connectivity index is 1.44. The third-order valence-corrected chi connectivity index (χ3v) is 4.68. The van der Waals surface area contributed by atoms with Crippen molar-refractivity contribution in [2.75, 3.05) is 11.9 Å². The van der Waals surface area contributed by atoms with Crippen LogP contribution in [0.1, 0.15) is 11.4 Å². The summed E-state index contributed by atoms with van der Waals surface area (Å²) in [5, 5.41) is 3.58. The molecule has 2 heterocycles. The van der Waals surface area contributed by atoms with Gasteiger partial charge in [-0.1, -0.05) is 23.7 Å². The largest absolute Gasteiger partial charge is 0.456 e. The third-order valence-electron chi connectivity index (χ3n) is 3.28. The molecule has 6 nitrogen and oxygen atoms in total. The minimum Gasteiger partial charge on any atom is -0.456 e. The zero-order valence-electron chi connectivity index (χ0n) is 13.1. The van der Waals surface area contributed by atoms with E-state index in [1.165, 1.54) is 6.20 Å². The van der Waals surface area contributed by atoms with Crippen molar-refractivity contribution in [1.29, 1.82) is 0 Å². The molecule has 3 rings (SSSR count). The first-order valence-corrected chi connectivity index (χ1v) is 8.72. The van der Waals surface area contributed by atoms with E-state index >= 15 is 0 Å². The molecule has 8 heteroatoms. The Morgan fingerprint density at radius 2 is 2.04 bits per heavy atom. The van der Waals surface area contributed by atoms with Crippen molar-refractivity contribution < 1.29 is 14.3 Å². The first kappa shape index (κ1) is 17.3. The van der Waals surface area contributed by atoms with Crippen molar-refractivity contribution in [3.63, 3.8) is 0 Å². The van der Waals surface area contributed by atoms with Crippen LogP contribution in [0.5, 0.6) is 0 Å². The van der Waals surface area contributed by atoms with Gasteiger partial charge in [0.15, 0.2) is 11.8 Å². The predicted octanol–water partition coefficient (Wildman–Crippen LogP) is 3.46. The van der Waals surface area contributed by atoms with Gasteiger partial charge in [0, 0.05) is 12.6 Å². The highest BCUT2D eigenvalue weighted by molar-refractivity contribution is 7.18. The van der Waals surface area contributed by atoms with Crippen LogP contribution in [0.15, 0.2) is 42.6 Å². The van der Waals surface area contributed by atoms with E-state index in [-0.39, 0.29) is 18.2 Å². The number of hydrogen-bond acceptors (Lipinski definition) is 6. The second-order valence-corrected chi connectivity index (χ2v) is 6.60. The molecule has 1 amide bonds. The van der Waals surface area contributed by atoms with Gasteiger partial charge in [0.05, 0.1) is 27.3 Å². The number of para-hydroxylation sites is 1. The molecule has 0 bridgehead atoms. The van der Waals surface area contributed by atoms with Crippen LogP contribution in [-0.4, -0.2) is 28.5 Å². The lowest BCUT2D eigenvalue weighted by Crippen LogP contribution is -2.21. The van der Waals surface area contributed by atoms with E-state index in [0.717, 1.165) is 15.2 Å². The number of anilines is 1. The average molecular weight is 376 g/mol. The van der Waals surface area contributed by atoms with Gasteiger partial charge in [-0.25, -0.2) is 9.97 Å². The molecule has 0 aliphatic heterocycles. The Bertz CT molecular complexity index is 880. The smallest absolute Gasteiger partial charge is 0.306 e. The minimum atomic E-state index is -0.469. The molecule has 25 heavy (non-hydrogen) atoms. The van der Waals surface area contributed by atoms with Gasteiger partial charge in [-0.05, 0) is 24.3 Å². The van der Waals surface area contributed by atoms with Gasteiger partial charge in [0.25, 0.3) is 5.91 Å². The fourth-order valence-electron chi connectivity index (χ4n) is 2.12. The summed E-state index contributed by atoms with van der Waals surface area (Å²) in [7, 11) is 0. The zero-order valence-corrected chi connectivity index (χ0v) is 14.6. The Morgan fingerprint density at radius 1 is 1.20 bits per heavy atom. The number of benzene rings is 1. The Kier molecular flexibility index (Phi) is 5.57. The molecule has 0 saturated carbocycles. The molecule has 0 atom stereocenters. The Hall–Kier alpha value is -2.51. The van der Waals surface area contributed by atoms with E-state index in [4.69, 9.17) is 16.3 Å². The number of thiazole rings is 1. The van der Waals surface area contributed by atoms with E-state index in [1.807, 2.05) is 24.3 Å². The van der Waals surface area contributed by atoms with E-state index in [1.54, 1.807) is 23.5 Å². The fraction of sp³-hybridized carbons (Fsp3) is 0.176. The normalized spacial score (nSPS) is 10.6. The number of amides is 1. The van der Waals surface area contributed by atoms with Gasteiger partial charge in [0.2, 0.25) is 0 Å². The molecule has 1 N–H and O–H groups in total. The molecule has 128 valence electrons. The summed E-state index contributed by atoms with van der Waals surface area (Å²) >= 11 is 7.39. The first-order valence-electron chi connectivity index (χ1n) is 7.52.